The Bertz CT molecular complexity index is 404. The van der Waals surface area contributed by atoms with Gasteiger partial charge in [-0.1, -0.05) is 12.1 Å². The zero-order chi connectivity index (χ0) is 12.1. The quantitative estimate of drug-likeness (QED) is 0.540. The molecule has 1 rings (SSSR count). The standard InChI is InChI=1S/C11H13NO3S/c1-7(16)11(15)8-4-2-3-5-9(8)12-6-10(13)14/h2-5,7,12,16H,6H2,1H3,(H,13,14). The smallest absolute Gasteiger partial charge is 0.322 e. The number of hydrogen-bond acceptors (Lipinski definition) is 4. The summed E-state index contributed by atoms with van der Waals surface area (Å²) in [5.74, 6) is -1.10. The van der Waals surface area contributed by atoms with Crippen LogP contribution in [0.2, 0.25) is 0 Å². The molecule has 0 aliphatic rings. The Labute approximate surface area is 99.1 Å². The number of carboxylic acid groups (broad SMARTS) is 1. The van der Waals surface area contributed by atoms with Gasteiger partial charge in [-0.15, -0.1) is 0 Å². The molecule has 1 atom stereocenters. The van der Waals surface area contributed by atoms with Gasteiger partial charge in [0.1, 0.15) is 6.54 Å². The van der Waals surface area contributed by atoms with Crippen LogP contribution in [0.4, 0.5) is 5.69 Å². The van der Waals surface area contributed by atoms with E-state index in [1.165, 1.54) is 0 Å². The number of thiol groups is 1. The minimum absolute atomic E-state index is 0.128. The van der Waals surface area contributed by atoms with Gasteiger partial charge >= 0.3 is 5.97 Å². The van der Waals surface area contributed by atoms with Gasteiger partial charge in [-0.2, -0.15) is 12.6 Å². The Morgan fingerprint density at radius 2 is 2.06 bits per heavy atom. The SMILES string of the molecule is CC(S)C(=O)c1ccccc1NCC(=O)O. The molecule has 0 spiro atoms. The maximum Gasteiger partial charge on any atom is 0.322 e. The number of hydrogen-bond donors (Lipinski definition) is 3. The third-order valence-electron chi connectivity index (χ3n) is 2.00. The molecule has 0 saturated heterocycles. The predicted molar refractivity (Wildman–Crippen MR) is 65.3 cm³/mol. The highest BCUT2D eigenvalue weighted by atomic mass is 32.1. The highest BCUT2D eigenvalue weighted by molar-refractivity contribution is 7.81. The number of carboxylic acids is 1. The van der Waals surface area contributed by atoms with Gasteiger partial charge in [0.25, 0.3) is 0 Å². The molecule has 1 unspecified atom stereocenters. The molecule has 0 radical (unpaired) electrons. The topological polar surface area (TPSA) is 66.4 Å². The second-order valence-electron chi connectivity index (χ2n) is 3.33. The van der Waals surface area contributed by atoms with Crippen LogP contribution in [0.3, 0.4) is 0 Å². The molecule has 2 N–H and O–H groups in total. The van der Waals surface area contributed by atoms with Crippen molar-refractivity contribution in [3.05, 3.63) is 29.8 Å². The second-order valence-corrected chi connectivity index (χ2v) is 4.11. The van der Waals surface area contributed by atoms with Crippen molar-refractivity contribution in [1.82, 2.24) is 0 Å². The molecular weight excluding hydrogens is 226 g/mol. The number of anilines is 1. The average molecular weight is 239 g/mol. The van der Waals surface area contributed by atoms with Gasteiger partial charge in [-0.25, -0.2) is 0 Å². The lowest BCUT2D eigenvalue weighted by Crippen LogP contribution is -2.17. The second kappa shape index (κ2) is 5.55. The fourth-order valence-corrected chi connectivity index (χ4v) is 1.39. The molecule has 5 heteroatoms. The number of para-hydroxylation sites is 1. The van der Waals surface area contributed by atoms with Gasteiger partial charge in [-0.05, 0) is 19.1 Å². The molecule has 0 aliphatic carbocycles. The fraction of sp³-hybridized carbons (Fsp3) is 0.273. The van der Waals surface area contributed by atoms with E-state index in [1.807, 2.05) is 0 Å². The largest absolute Gasteiger partial charge is 0.480 e. The number of nitrogens with one attached hydrogen (secondary N) is 1. The number of aliphatic carboxylic acids is 1. The Kier molecular flexibility index (Phi) is 4.37. The van der Waals surface area contributed by atoms with E-state index in [0.717, 1.165) is 0 Å². The fourth-order valence-electron chi connectivity index (χ4n) is 1.25. The number of Topliss-reactive ketones (excluding diaryl/α,β-unsaturated/α-hetero) is 1. The Balaban J connectivity index is 2.91. The molecule has 16 heavy (non-hydrogen) atoms. The summed E-state index contributed by atoms with van der Waals surface area (Å²) < 4.78 is 0. The molecule has 0 heterocycles. The van der Waals surface area contributed by atoms with Crippen molar-refractivity contribution in [2.75, 3.05) is 11.9 Å². The molecule has 4 nitrogen and oxygen atoms in total. The van der Waals surface area contributed by atoms with E-state index in [2.05, 4.69) is 17.9 Å². The van der Waals surface area contributed by atoms with Crippen molar-refractivity contribution in [2.24, 2.45) is 0 Å². The monoisotopic (exact) mass is 239 g/mol. The number of carbonyl (C=O) groups is 2. The third kappa shape index (κ3) is 3.27. The van der Waals surface area contributed by atoms with E-state index in [0.29, 0.717) is 11.3 Å². The first-order valence-corrected chi connectivity index (χ1v) is 5.31. The lowest BCUT2D eigenvalue weighted by Gasteiger charge is -2.10. The van der Waals surface area contributed by atoms with Crippen molar-refractivity contribution >= 4 is 30.1 Å². The van der Waals surface area contributed by atoms with Crippen molar-refractivity contribution < 1.29 is 14.7 Å². The van der Waals surface area contributed by atoms with Crippen molar-refractivity contribution in [3.63, 3.8) is 0 Å². The summed E-state index contributed by atoms with van der Waals surface area (Å²) >= 11 is 4.07. The number of carbonyl (C=O) groups excluding carboxylic acids is 1. The number of rotatable bonds is 5. The van der Waals surface area contributed by atoms with Gasteiger partial charge in [0.15, 0.2) is 5.78 Å². The highest BCUT2D eigenvalue weighted by Gasteiger charge is 2.15. The molecular formula is C11H13NO3S. The molecule has 0 fully saturated rings. The Hall–Kier alpha value is -1.49. The Morgan fingerprint density at radius 1 is 1.44 bits per heavy atom. The van der Waals surface area contributed by atoms with E-state index in [4.69, 9.17) is 5.11 Å². The van der Waals surface area contributed by atoms with Crippen LogP contribution >= 0.6 is 12.6 Å². The summed E-state index contributed by atoms with van der Waals surface area (Å²) in [4.78, 5) is 22.2. The molecule has 0 amide bonds. The van der Waals surface area contributed by atoms with Crippen LogP contribution in [0.5, 0.6) is 0 Å². The van der Waals surface area contributed by atoms with Crippen LogP contribution in [0, 0.1) is 0 Å². The Morgan fingerprint density at radius 3 is 2.62 bits per heavy atom. The lowest BCUT2D eigenvalue weighted by molar-refractivity contribution is -0.134. The minimum atomic E-state index is -0.971. The summed E-state index contributed by atoms with van der Waals surface area (Å²) in [5.41, 5.74) is 0.988. The van der Waals surface area contributed by atoms with E-state index in [-0.39, 0.29) is 12.3 Å². The summed E-state index contributed by atoms with van der Waals surface area (Å²) in [5, 5.41) is 10.8. The first-order chi connectivity index (χ1) is 7.52. The molecule has 0 saturated carbocycles. The average Bonchev–Trinajstić information content (AvgIpc) is 2.25. The first-order valence-electron chi connectivity index (χ1n) is 4.79. The van der Waals surface area contributed by atoms with Crippen LogP contribution in [0.1, 0.15) is 17.3 Å². The highest BCUT2D eigenvalue weighted by Crippen LogP contribution is 2.18. The van der Waals surface area contributed by atoms with Gasteiger partial charge in [0.05, 0.1) is 5.25 Å². The van der Waals surface area contributed by atoms with Gasteiger partial charge < -0.3 is 10.4 Å². The zero-order valence-corrected chi connectivity index (χ0v) is 9.70. The van der Waals surface area contributed by atoms with Crippen LogP contribution in [-0.2, 0) is 4.79 Å². The molecule has 0 aliphatic heterocycles. The summed E-state index contributed by atoms with van der Waals surface area (Å²) in [6, 6.07) is 6.80. The zero-order valence-electron chi connectivity index (χ0n) is 8.80. The summed E-state index contributed by atoms with van der Waals surface area (Å²) in [6.07, 6.45) is 0. The molecule has 0 aromatic heterocycles. The number of ketones is 1. The van der Waals surface area contributed by atoms with Crippen LogP contribution in [0.15, 0.2) is 24.3 Å². The van der Waals surface area contributed by atoms with Crippen molar-refractivity contribution in [2.45, 2.75) is 12.2 Å². The molecule has 0 bridgehead atoms. The van der Waals surface area contributed by atoms with E-state index >= 15 is 0 Å². The first kappa shape index (κ1) is 12.6. The van der Waals surface area contributed by atoms with Crippen LogP contribution in [-0.4, -0.2) is 28.7 Å². The normalized spacial score (nSPS) is 11.9. The van der Waals surface area contributed by atoms with Crippen LogP contribution < -0.4 is 5.32 Å². The van der Waals surface area contributed by atoms with E-state index in [1.54, 1.807) is 31.2 Å². The van der Waals surface area contributed by atoms with Gasteiger partial charge in [-0.3, -0.25) is 9.59 Å². The predicted octanol–water partition coefficient (Wildman–Crippen LogP) is 1.68. The maximum absolute atomic E-state index is 11.7. The number of benzene rings is 1. The van der Waals surface area contributed by atoms with Gasteiger partial charge in [0.2, 0.25) is 0 Å². The summed E-state index contributed by atoms with van der Waals surface area (Å²) in [7, 11) is 0. The third-order valence-corrected chi connectivity index (χ3v) is 2.24. The minimum Gasteiger partial charge on any atom is -0.480 e. The van der Waals surface area contributed by atoms with Crippen molar-refractivity contribution in [3.8, 4) is 0 Å². The summed E-state index contributed by atoms with van der Waals surface area (Å²) in [6.45, 7) is 1.46. The van der Waals surface area contributed by atoms with E-state index in [9.17, 15) is 9.59 Å². The van der Waals surface area contributed by atoms with Crippen molar-refractivity contribution in [1.29, 1.82) is 0 Å². The van der Waals surface area contributed by atoms with Gasteiger partial charge in [0, 0.05) is 11.3 Å². The molecule has 1 aromatic carbocycles. The molecule has 86 valence electrons. The van der Waals surface area contributed by atoms with Crippen LogP contribution in [0.25, 0.3) is 0 Å². The van der Waals surface area contributed by atoms with E-state index < -0.39 is 11.2 Å². The molecule has 1 aromatic rings. The maximum atomic E-state index is 11.7. The lowest BCUT2D eigenvalue weighted by atomic mass is 10.1.